The molecule has 0 bridgehead atoms. The van der Waals surface area contributed by atoms with Crippen LogP contribution in [0.15, 0.2) is 60.8 Å². The number of nitrogens with one attached hydrogen (secondary N) is 1. The molecule has 0 spiro atoms. The monoisotopic (exact) mass is 506 g/mol. The molecule has 1 atom stereocenters. The molecule has 4 heterocycles. The predicted octanol–water partition coefficient (Wildman–Crippen LogP) is 3.92. The fourth-order valence-corrected chi connectivity index (χ4v) is 4.38. The number of fused-ring (bicyclic) bond motifs is 2. The van der Waals surface area contributed by atoms with Crippen molar-refractivity contribution in [2.24, 2.45) is 0 Å². The topological polar surface area (TPSA) is 121 Å². The molecule has 0 unspecified atom stereocenters. The number of anilines is 1. The number of hydrogen-bond donors (Lipinski definition) is 1. The maximum absolute atomic E-state index is 12.9. The van der Waals surface area contributed by atoms with Crippen molar-refractivity contribution < 1.29 is 14.3 Å². The van der Waals surface area contributed by atoms with Crippen molar-refractivity contribution in [1.29, 1.82) is 5.26 Å². The fraction of sp³-hybridized carbons (Fsp3) is 0.241. The average molecular weight is 507 g/mol. The van der Waals surface area contributed by atoms with Gasteiger partial charge in [0.1, 0.15) is 11.2 Å². The van der Waals surface area contributed by atoms with Crippen LogP contribution >= 0.6 is 0 Å². The van der Waals surface area contributed by atoms with Crippen LogP contribution in [-0.2, 0) is 28.1 Å². The molecule has 3 aromatic heterocycles. The van der Waals surface area contributed by atoms with Crippen LogP contribution in [0.4, 0.5) is 5.82 Å². The minimum atomic E-state index is -0.789. The zero-order valence-corrected chi connectivity index (χ0v) is 21.4. The molecule has 1 aliphatic rings. The number of rotatable bonds is 5. The first-order valence-electron chi connectivity index (χ1n) is 12.2. The SMILES string of the molecule is CC(=O)N(C)c1cccc(-c2ccc3cnc(CNC(=O)c4ccc5c(c4)[C@](C)(C#N)COC5)cc3n2)n1. The van der Waals surface area contributed by atoms with Gasteiger partial charge in [-0.1, -0.05) is 12.1 Å². The van der Waals surface area contributed by atoms with Crippen molar-refractivity contribution in [1.82, 2.24) is 20.3 Å². The number of ether oxygens (including phenoxy) is 1. The van der Waals surface area contributed by atoms with Gasteiger partial charge in [-0.15, -0.1) is 0 Å². The second-order valence-corrected chi connectivity index (χ2v) is 9.52. The molecule has 5 rings (SSSR count). The van der Waals surface area contributed by atoms with Gasteiger partial charge >= 0.3 is 0 Å². The predicted molar refractivity (Wildman–Crippen MR) is 142 cm³/mol. The molecule has 0 fully saturated rings. The number of pyridine rings is 3. The van der Waals surface area contributed by atoms with E-state index in [1.165, 1.54) is 11.8 Å². The first-order chi connectivity index (χ1) is 18.3. The molecule has 190 valence electrons. The number of carbonyl (C=O) groups is 2. The lowest BCUT2D eigenvalue weighted by atomic mass is 9.79. The Balaban J connectivity index is 1.35. The molecule has 0 saturated heterocycles. The average Bonchev–Trinajstić information content (AvgIpc) is 2.95. The van der Waals surface area contributed by atoms with E-state index >= 15 is 0 Å². The highest BCUT2D eigenvalue weighted by Gasteiger charge is 2.33. The summed E-state index contributed by atoms with van der Waals surface area (Å²) in [5, 5.41) is 13.4. The summed E-state index contributed by atoms with van der Waals surface area (Å²) in [7, 11) is 1.68. The van der Waals surface area contributed by atoms with Gasteiger partial charge in [0.25, 0.3) is 5.91 Å². The largest absolute Gasteiger partial charge is 0.375 e. The molecule has 0 radical (unpaired) electrons. The zero-order chi connectivity index (χ0) is 26.9. The lowest BCUT2D eigenvalue weighted by molar-refractivity contribution is -0.116. The van der Waals surface area contributed by atoms with Gasteiger partial charge in [0.2, 0.25) is 5.91 Å². The Labute approximate surface area is 220 Å². The number of hydrogen-bond acceptors (Lipinski definition) is 7. The first kappa shape index (κ1) is 25.0. The normalized spacial score (nSPS) is 16.4. The van der Waals surface area contributed by atoms with E-state index in [4.69, 9.17) is 9.72 Å². The van der Waals surface area contributed by atoms with Gasteiger partial charge in [-0.05, 0) is 60.5 Å². The summed E-state index contributed by atoms with van der Waals surface area (Å²) in [4.78, 5) is 39.9. The molecule has 9 heteroatoms. The maximum atomic E-state index is 12.9. The van der Waals surface area contributed by atoms with Crippen molar-refractivity contribution in [3.8, 4) is 17.5 Å². The highest BCUT2D eigenvalue weighted by atomic mass is 16.5. The van der Waals surface area contributed by atoms with Crippen LogP contribution in [0.3, 0.4) is 0 Å². The zero-order valence-electron chi connectivity index (χ0n) is 21.4. The molecule has 1 aromatic carbocycles. The van der Waals surface area contributed by atoms with E-state index in [-0.39, 0.29) is 18.4 Å². The van der Waals surface area contributed by atoms with E-state index in [2.05, 4.69) is 21.4 Å². The fourth-order valence-electron chi connectivity index (χ4n) is 4.38. The van der Waals surface area contributed by atoms with E-state index in [1.54, 1.807) is 31.4 Å². The Morgan fingerprint density at radius 2 is 1.95 bits per heavy atom. The van der Waals surface area contributed by atoms with Crippen molar-refractivity contribution in [3.05, 3.63) is 83.2 Å². The van der Waals surface area contributed by atoms with E-state index in [0.29, 0.717) is 47.2 Å². The van der Waals surface area contributed by atoms with Crippen molar-refractivity contribution in [2.45, 2.75) is 32.4 Å². The van der Waals surface area contributed by atoms with Gasteiger partial charge in [0.05, 0.1) is 48.4 Å². The molecule has 0 saturated carbocycles. The van der Waals surface area contributed by atoms with Crippen LogP contribution in [0.2, 0.25) is 0 Å². The number of aromatic nitrogens is 3. The van der Waals surface area contributed by atoms with E-state index < -0.39 is 5.41 Å². The van der Waals surface area contributed by atoms with Crippen LogP contribution in [0, 0.1) is 11.3 Å². The van der Waals surface area contributed by atoms with Gasteiger partial charge in [0.15, 0.2) is 0 Å². The van der Waals surface area contributed by atoms with Gasteiger partial charge in [-0.3, -0.25) is 14.6 Å². The Morgan fingerprint density at radius 1 is 1.13 bits per heavy atom. The van der Waals surface area contributed by atoms with Crippen LogP contribution in [0.1, 0.15) is 41.0 Å². The molecule has 1 N–H and O–H groups in total. The summed E-state index contributed by atoms with van der Waals surface area (Å²) in [5.74, 6) is 0.181. The number of nitrogens with zero attached hydrogens (tertiary/aromatic N) is 5. The van der Waals surface area contributed by atoms with Crippen LogP contribution < -0.4 is 10.2 Å². The van der Waals surface area contributed by atoms with Gasteiger partial charge < -0.3 is 15.0 Å². The molecule has 9 nitrogen and oxygen atoms in total. The maximum Gasteiger partial charge on any atom is 0.251 e. The quantitative estimate of drug-likeness (QED) is 0.435. The number of benzene rings is 1. The Hall–Kier alpha value is -4.68. The number of nitriles is 1. The molecule has 1 aliphatic heterocycles. The summed E-state index contributed by atoms with van der Waals surface area (Å²) in [6.07, 6.45) is 1.72. The summed E-state index contributed by atoms with van der Waals surface area (Å²) >= 11 is 0. The smallest absolute Gasteiger partial charge is 0.251 e. The van der Waals surface area contributed by atoms with Crippen LogP contribution in [-0.4, -0.2) is 40.4 Å². The van der Waals surface area contributed by atoms with E-state index in [0.717, 1.165) is 16.5 Å². The lowest BCUT2D eigenvalue weighted by Crippen LogP contribution is -2.33. The summed E-state index contributed by atoms with van der Waals surface area (Å²) in [5.41, 5.74) is 4.11. The second-order valence-electron chi connectivity index (χ2n) is 9.52. The number of amides is 2. The Bertz CT molecular complexity index is 1610. The number of carbonyl (C=O) groups excluding carboxylic acids is 2. The second kappa shape index (κ2) is 10.00. The summed E-state index contributed by atoms with van der Waals surface area (Å²) < 4.78 is 5.55. The third-order valence-corrected chi connectivity index (χ3v) is 6.73. The van der Waals surface area contributed by atoms with Crippen LogP contribution in [0.25, 0.3) is 22.3 Å². The lowest BCUT2D eigenvalue weighted by Gasteiger charge is -2.30. The highest BCUT2D eigenvalue weighted by Crippen LogP contribution is 2.32. The van der Waals surface area contributed by atoms with Gasteiger partial charge in [-0.2, -0.15) is 5.26 Å². The van der Waals surface area contributed by atoms with Gasteiger partial charge in [-0.25, -0.2) is 9.97 Å². The molecule has 4 aromatic rings. The summed E-state index contributed by atoms with van der Waals surface area (Å²) in [6, 6.07) is 18.7. The van der Waals surface area contributed by atoms with Crippen LogP contribution in [0.5, 0.6) is 0 Å². The van der Waals surface area contributed by atoms with E-state index in [1.807, 2.05) is 43.3 Å². The molecular weight excluding hydrogens is 480 g/mol. The van der Waals surface area contributed by atoms with E-state index in [9.17, 15) is 14.9 Å². The summed E-state index contributed by atoms with van der Waals surface area (Å²) in [6.45, 7) is 4.25. The highest BCUT2D eigenvalue weighted by molar-refractivity contribution is 5.94. The standard InChI is InChI=1S/C29H26N6O3/c1-18(36)35(3)27-6-4-5-24(34-27)25-10-9-20-13-31-22(12-26(20)33-25)14-32-28(37)19-7-8-21-15-38-17-29(2,16-30)23(21)11-19/h4-13H,14-15,17H2,1-3H3,(H,32,37)/t29-/m1/s1. The van der Waals surface area contributed by atoms with Gasteiger partial charge in [0, 0.05) is 31.1 Å². The minimum Gasteiger partial charge on any atom is -0.375 e. The van der Waals surface area contributed by atoms with Crippen molar-refractivity contribution in [2.75, 3.05) is 18.6 Å². The third-order valence-electron chi connectivity index (χ3n) is 6.73. The molecule has 38 heavy (non-hydrogen) atoms. The Morgan fingerprint density at radius 3 is 2.74 bits per heavy atom. The molecular formula is C29H26N6O3. The third kappa shape index (κ3) is 4.82. The minimum absolute atomic E-state index is 0.109. The van der Waals surface area contributed by atoms with Crippen molar-refractivity contribution in [3.63, 3.8) is 0 Å². The molecule has 2 amide bonds. The first-order valence-corrected chi connectivity index (χ1v) is 12.2. The Kier molecular flexibility index (Phi) is 6.57. The molecule has 0 aliphatic carbocycles. The van der Waals surface area contributed by atoms with Crippen molar-refractivity contribution >= 4 is 28.5 Å².